The van der Waals surface area contributed by atoms with Crippen LogP contribution in [0.15, 0.2) is 30.3 Å². The van der Waals surface area contributed by atoms with Crippen LogP contribution >= 0.6 is 0 Å². The van der Waals surface area contributed by atoms with Gasteiger partial charge in [0.15, 0.2) is 0 Å². The zero-order valence-electron chi connectivity index (χ0n) is 19.9. The Morgan fingerprint density at radius 2 is 1.83 bits per heavy atom. The van der Waals surface area contributed by atoms with E-state index in [1.165, 1.54) is 11.3 Å². The molecule has 4 aliphatic rings. The molecule has 1 unspecified atom stereocenters. The lowest BCUT2D eigenvalue weighted by Crippen LogP contribution is -2.52. The van der Waals surface area contributed by atoms with E-state index in [2.05, 4.69) is 27.7 Å². The molecule has 0 spiro atoms. The lowest BCUT2D eigenvalue weighted by atomic mass is 9.93. The van der Waals surface area contributed by atoms with Gasteiger partial charge in [-0.05, 0) is 68.0 Å². The standard InChI is InChI=1S/C27H31N5O3/c33-23-9-8-22(26(34)30-23)32-16-20-4-1-3-19(24(20)27(32)35)15-31-14-2-5-18-6-7-21(29-25(18)31)17-10-12-28-13-11-17/h1,3-4,6-7,17,22,28H,2,5,8-16H2,(H,30,33,34). The molecular formula is C27H31N5O3. The molecule has 0 saturated carbocycles. The van der Waals surface area contributed by atoms with Gasteiger partial charge in [-0.15, -0.1) is 0 Å². The van der Waals surface area contributed by atoms with Crippen molar-refractivity contribution in [1.82, 2.24) is 20.5 Å². The summed E-state index contributed by atoms with van der Waals surface area (Å²) in [6.45, 7) is 4.01. The van der Waals surface area contributed by atoms with Crippen LogP contribution in [-0.4, -0.2) is 53.3 Å². The van der Waals surface area contributed by atoms with Crippen molar-refractivity contribution < 1.29 is 14.4 Å². The summed E-state index contributed by atoms with van der Waals surface area (Å²) in [5.41, 5.74) is 5.09. The van der Waals surface area contributed by atoms with Crippen molar-refractivity contribution in [3.8, 4) is 0 Å². The van der Waals surface area contributed by atoms with E-state index in [0.29, 0.717) is 31.0 Å². The van der Waals surface area contributed by atoms with Gasteiger partial charge in [0.05, 0.1) is 0 Å². The molecule has 2 fully saturated rings. The number of aryl methyl sites for hydroxylation is 1. The summed E-state index contributed by atoms with van der Waals surface area (Å²) in [6.07, 6.45) is 4.96. The Labute approximate surface area is 205 Å². The molecule has 5 heterocycles. The van der Waals surface area contributed by atoms with E-state index >= 15 is 0 Å². The summed E-state index contributed by atoms with van der Waals surface area (Å²) >= 11 is 0. The first-order chi connectivity index (χ1) is 17.1. The highest BCUT2D eigenvalue weighted by Crippen LogP contribution is 2.34. The van der Waals surface area contributed by atoms with Crippen LogP contribution in [0.5, 0.6) is 0 Å². The minimum Gasteiger partial charge on any atom is -0.352 e. The van der Waals surface area contributed by atoms with Crippen molar-refractivity contribution in [1.29, 1.82) is 0 Å². The summed E-state index contributed by atoms with van der Waals surface area (Å²) in [5.74, 6) is 0.797. The normalized spacial score (nSPS) is 22.7. The summed E-state index contributed by atoms with van der Waals surface area (Å²) in [6, 6.07) is 9.86. The van der Waals surface area contributed by atoms with Crippen molar-refractivity contribution in [2.45, 2.75) is 63.6 Å². The molecule has 2 aromatic rings. The number of carbonyl (C=O) groups excluding carboxylic acids is 3. The third-order valence-corrected chi connectivity index (χ3v) is 7.91. The van der Waals surface area contributed by atoms with E-state index in [1.807, 2.05) is 18.2 Å². The van der Waals surface area contributed by atoms with E-state index in [4.69, 9.17) is 4.98 Å². The number of fused-ring (bicyclic) bond motifs is 2. The number of pyridine rings is 1. The van der Waals surface area contributed by atoms with E-state index in [0.717, 1.165) is 62.3 Å². The molecule has 182 valence electrons. The average Bonchev–Trinajstić information content (AvgIpc) is 3.21. The van der Waals surface area contributed by atoms with Crippen LogP contribution < -0.4 is 15.5 Å². The van der Waals surface area contributed by atoms with Gasteiger partial charge < -0.3 is 15.1 Å². The first kappa shape index (κ1) is 22.2. The van der Waals surface area contributed by atoms with Crippen LogP contribution in [0.3, 0.4) is 0 Å². The highest BCUT2D eigenvalue weighted by Gasteiger charge is 2.40. The highest BCUT2D eigenvalue weighted by atomic mass is 16.2. The number of hydrogen-bond acceptors (Lipinski definition) is 6. The number of piperidine rings is 2. The van der Waals surface area contributed by atoms with E-state index in [-0.39, 0.29) is 24.1 Å². The smallest absolute Gasteiger partial charge is 0.255 e. The molecule has 1 atom stereocenters. The maximum atomic E-state index is 13.5. The number of carbonyl (C=O) groups is 3. The fraction of sp³-hybridized carbons (Fsp3) is 0.481. The van der Waals surface area contributed by atoms with Crippen LogP contribution in [0.2, 0.25) is 0 Å². The Balaban J connectivity index is 1.26. The molecule has 2 saturated heterocycles. The van der Waals surface area contributed by atoms with Crippen LogP contribution in [0.25, 0.3) is 0 Å². The Hall–Kier alpha value is -3.26. The van der Waals surface area contributed by atoms with Gasteiger partial charge in [0, 0.05) is 43.2 Å². The van der Waals surface area contributed by atoms with E-state index in [9.17, 15) is 14.4 Å². The second-order valence-corrected chi connectivity index (χ2v) is 10.1. The topological polar surface area (TPSA) is 94.6 Å². The van der Waals surface area contributed by atoms with Gasteiger partial charge >= 0.3 is 0 Å². The van der Waals surface area contributed by atoms with Crippen molar-refractivity contribution in [2.75, 3.05) is 24.5 Å². The molecule has 0 aliphatic carbocycles. The first-order valence-corrected chi connectivity index (χ1v) is 12.8. The minimum absolute atomic E-state index is 0.112. The number of imide groups is 1. The van der Waals surface area contributed by atoms with Crippen LogP contribution in [-0.2, 0) is 29.1 Å². The maximum absolute atomic E-state index is 13.5. The van der Waals surface area contributed by atoms with Gasteiger partial charge in [-0.25, -0.2) is 4.98 Å². The molecule has 1 aromatic heterocycles. The molecule has 8 nitrogen and oxygen atoms in total. The predicted molar refractivity (Wildman–Crippen MR) is 131 cm³/mol. The predicted octanol–water partition coefficient (Wildman–Crippen LogP) is 2.26. The number of hydrogen-bond donors (Lipinski definition) is 2. The molecule has 1 aromatic carbocycles. The Bertz CT molecular complexity index is 1190. The molecule has 6 rings (SSSR count). The average molecular weight is 474 g/mol. The summed E-state index contributed by atoms with van der Waals surface area (Å²) in [5, 5.41) is 5.82. The minimum atomic E-state index is -0.592. The Kier molecular flexibility index (Phi) is 5.76. The number of anilines is 1. The van der Waals surface area contributed by atoms with Gasteiger partial charge in [0.2, 0.25) is 11.8 Å². The fourth-order valence-electron chi connectivity index (χ4n) is 6.05. The van der Waals surface area contributed by atoms with Gasteiger partial charge in [-0.2, -0.15) is 0 Å². The summed E-state index contributed by atoms with van der Waals surface area (Å²) in [7, 11) is 0. The quantitative estimate of drug-likeness (QED) is 0.662. The largest absolute Gasteiger partial charge is 0.352 e. The van der Waals surface area contributed by atoms with Crippen molar-refractivity contribution in [2.24, 2.45) is 0 Å². The molecule has 0 bridgehead atoms. The number of nitrogens with zero attached hydrogens (tertiary/aromatic N) is 3. The van der Waals surface area contributed by atoms with Crippen molar-refractivity contribution in [3.63, 3.8) is 0 Å². The number of nitrogens with one attached hydrogen (secondary N) is 2. The lowest BCUT2D eigenvalue weighted by molar-refractivity contribution is -0.136. The fourth-order valence-corrected chi connectivity index (χ4v) is 6.05. The molecule has 8 heteroatoms. The number of benzene rings is 1. The summed E-state index contributed by atoms with van der Waals surface area (Å²) < 4.78 is 0. The van der Waals surface area contributed by atoms with Crippen molar-refractivity contribution >= 4 is 23.5 Å². The SMILES string of the molecule is O=C1CCC(N2Cc3cccc(CN4CCCc5ccc(C6CCNCC6)nc54)c3C2=O)C(=O)N1. The lowest BCUT2D eigenvalue weighted by Gasteiger charge is -2.32. The Morgan fingerprint density at radius 1 is 0.971 bits per heavy atom. The van der Waals surface area contributed by atoms with E-state index in [1.54, 1.807) is 4.90 Å². The highest BCUT2D eigenvalue weighted by molar-refractivity contribution is 6.06. The third-order valence-electron chi connectivity index (χ3n) is 7.91. The third kappa shape index (κ3) is 4.10. The number of aromatic nitrogens is 1. The molecule has 4 aliphatic heterocycles. The van der Waals surface area contributed by atoms with Gasteiger partial charge in [0.25, 0.3) is 5.91 Å². The van der Waals surface area contributed by atoms with Crippen molar-refractivity contribution in [3.05, 3.63) is 58.3 Å². The zero-order chi connectivity index (χ0) is 23.9. The zero-order valence-corrected chi connectivity index (χ0v) is 19.9. The first-order valence-electron chi connectivity index (χ1n) is 12.8. The van der Waals surface area contributed by atoms with Crippen LogP contribution in [0.4, 0.5) is 5.82 Å². The molecular weight excluding hydrogens is 442 g/mol. The van der Waals surface area contributed by atoms with Gasteiger partial charge in [-0.1, -0.05) is 24.3 Å². The van der Waals surface area contributed by atoms with Gasteiger partial charge in [0.1, 0.15) is 11.9 Å². The van der Waals surface area contributed by atoms with Crippen LogP contribution in [0, 0.1) is 0 Å². The molecule has 35 heavy (non-hydrogen) atoms. The van der Waals surface area contributed by atoms with E-state index < -0.39 is 6.04 Å². The van der Waals surface area contributed by atoms with Crippen LogP contribution in [0.1, 0.15) is 70.8 Å². The number of rotatable bonds is 4. The molecule has 3 amide bonds. The number of amides is 3. The summed E-state index contributed by atoms with van der Waals surface area (Å²) in [4.78, 5) is 46.6. The second kappa shape index (κ2) is 9.07. The molecule has 2 N–H and O–H groups in total. The maximum Gasteiger partial charge on any atom is 0.255 e. The molecule has 0 radical (unpaired) electrons. The second-order valence-electron chi connectivity index (χ2n) is 10.1. The monoisotopic (exact) mass is 473 g/mol. The Morgan fingerprint density at radius 3 is 2.66 bits per heavy atom. The van der Waals surface area contributed by atoms with Gasteiger partial charge in [-0.3, -0.25) is 19.7 Å².